The third-order valence-corrected chi connectivity index (χ3v) is 3.38. The SMILES string of the molecule is O=C(NC(c1ccccc1)c1ccccn1)c1ccnc(F)c1. The van der Waals surface area contributed by atoms with E-state index in [9.17, 15) is 9.18 Å². The van der Waals surface area contributed by atoms with Gasteiger partial charge in [0.2, 0.25) is 5.95 Å². The second-order valence-corrected chi connectivity index (χ2v) is 4.94. The Morgan fingerprint density at radius 1 is 0.957 bits per heavy atom. The molecule has 0 spiro atoms. The first-order valence-corrected chi connectivity index (χ1v) is 7.12. The van der Waals surface area contributed by atoms with Gasteiger partial charge in [0, 0.05) is 24.0 Å². The minimum absolute atomic E-state index is 0.217. The second kappa shape index (κ2) is 6.79. The lowest BCUT2D eigenvalue weighted by atomic mass is 10.0. The molecular formula is C18H14FN3O. The molecule has 1 amide bonds. The number of carbonyl (C=O) groups excluding carboxylic acids is 1. The lowest BCUT2D eigenvalue weighted by Gasteiger charge is -2.19. The second-order valence-electron chi connectivity index (χ2n) is 4.94. The van der Waals surface area contributed by atoms with Crippen molar-refractivity contribution in [2.24, 2.45) is 0 Å². The highest BCUT2D eigenvalue weighted by atomic mass is 19.1. The lowest BCUT2D eigenvalue weighted by Crippen LogP contribution is -2.30. The van der Waals surface area contributed by atoms with Crippen molar-refractivity contribution in [1.29, 1.82) is 0 Å². The highest BCUT2D eigenvalue weighted by Gasteiger charge is 2.19. The Labute approximate surface area is 133 Å². The highest BCUT2D eigenvalue weighted by molar-refractivity contribution is 5.94. The van der Waals surface area contributed by atoms with Gasteiger partial charge in [0.05, 0.1) is 11.7 Å². The van der Waals surface area contributed by atoms with Gasteiger partial charge in [-0.3, -0.25) is 9.78 Å². The number of nitrogens with one attached hydrogen (secondary N) is 1. The van der Waals surface area contributed by atoms with E-state index in [0.717, 1.165) is 11.6 Å². The Morgan fingerprint density at radius 3 is 2.43 bits per heavy atom. The predicted molar refractivity (Wildman–Crippen MR) is 84.2 cm³/mol. The number of aromatic nitrogens is 2. The summed E-state index contributed by atoms with van der Waals surface area (Å²) < 4.78 is 13.2. The van der Waals surface area contributed by atoms with E-state index >= 15 is 0 Å². The van der Waals surface area contributed by atoms with Crippen LogP contribution in [0.3, 0.4) is 0 Å². The Bertz CT molecular complexity index is 754. The molecule has 1 unspecified atom stereocenters. The minimum Gasteiger partial charge on any atom is -0.340 e. The molecule has 23 heavy (non-hydrogen) atoms. The Balaban J connectivity index is 1.92. The molecule has 114 valence electrons. The smallest absolute Gasteiger partial charge is 0.252 e. The maximum Gasteiger partial charge on any atom is 0.252 e. The quantitative estimate of drug-likeness (QED) is 0.753. The van der Waals surface area contributed by atoms with Gasteiger partial charge in [-0.15, -0.1) is 0 Å². The summed E-state index contributed by atoms with van der Waals surface area (Å²) in [6, 6.07) is 17.2. The van der Waals surface area contributed by atoms with Crippen LogP contribution >= 0.6 is 0 Å². The molecule has 0 bridgehead atoms. The molecule has 2 aromatic heterocycles. The molecule has 1 N–H and O–H groups in total. The topological polar surface area (TPSA) is 54.9 Å². The number of benzene rings is 1. The summed E-state index contributed by atoms with van der Waals surface area (Å²) in [6.45, 7) is 0. The van der Waals surface area contributed by atoms with E-state index in [-0.39, 0.29) is 11.5 Å². The van der Waals surface area contributed by atoms with Gasteiger partial charge in [-0.1, -0.05) is 36.4 Å². The number of halogens is 1. The average Bonchev–Trinajstić information content (AvgIpc) is 2.61. The zero-order valence-corrected chi connectivity index (χ0v) is 12.2. The normalized spacial score (nSPS) is 11.7. The summed E-state index contributed by atoms with van der Waals surface area (Å²) in [4.78, 5) is 20.2. The van der Waals surface area contributed by atoms with Gasteiger partial charge in [0.15, 0.2) is 0 Å². The molecule has 4 nitrogen and oxygen atoms in total. The van der Waals surface area contributed by atoms with Gasteiger partial charge >= 0.3 is 0 Å². The predicted octanol–water partition coefficient (Wildman–Crippen LogP) is 3.14. The molecule has 0 fully saturated rings. The summed E-state index contributed by atoms with van der Waals surface area (Å²) in [5, 5.41) is 2.90. The highest BCUT2D eigenvalue weighted by Crippen LogP contribution is 2.20. The standard InChI is InChI=1S/C18H14FN3O/c19-16-12-14(9-11-21-16)18(23)22-17(13-6-2-1-3-7-13)15-8-4-5-10-20-15/h1-12,17H,(H,22,23). The fourth-order valence-corrected chi connectivity index (χ4v) is 2.28. The summed E-state index contributed by atoms with van der Waals surface area (Å²) in [7, 11) is 0. The molecule has 0 radical (unpaired) electrons. The molecule has 3 rings (SSSR count). The number of carbonyl (C=O) groups is 1. The minimum atomic E-state index is -0.688. The van der Waals surface area contributed by atoms with Crippen molar-refractivity contribution in [3.8, 4) is 0 Å². The maximum absolute atomic E-state index is 13.2. The number of nitrogens with zero attached hydrogens (tertiary/aromatic N) is 2. The van der Waals surface area contributed by atoms with E-state index in [2.05, 4.69) is 15.3 Å². The van der Waals surface area contributed by atoms with Crippen molar-refractivity contribution in [1.82, 2.24) is 15.3 Å². The molecule has 0 saturated carbocycles. The van der Waals surface area contributed by atoms with Gasteiger partial charge in [0.25, 0.3) is 5.91 Å². The number of pyridine rings is 2. The molecule has 1 atom stereocenters. The molecule has 0 aliphatic heterocycles. The van der Waals surface area contributed by atoms with Gasteiger partial charge < -0.3 is 5.32 Å². The van der Waals surface area contributed by atoms with Crippen LogP contribution in [0.25, 0.3) is 0 Å². The number of amides is 1. The van der Waals surface area contributed by atoms with Crippen LogP contribution in [-0.4, -0.2) is 15.9 Å². The third-order valence-electron chi connectivity index (χ3n) is 3.38. The van der Waals surface area contributed by atoms with Gasteiger partial charge in [-0.25, -0.2) is 4.98 Å². The maximum atomic E-state index is 13.2. The summed E-state index contributed by atoms with van der Waals surface area (Å²) >= 11 is 0. The van der Waals surface area contributed by atoms with Crippen LogP contribution < -0.4 is 5.32 Å². The van der Waals surface area contributed by atoms with Crippen LogP contribution in [0.2, 0.25) is 0 Å². The van der Waals surface area contributed by atoms with Crippen LogP contribution in [0.1, 0.15) is 27.7 Å². The van der Waals surface area contributed by atoms with Crippen molar-refractivity contribution in [3.05, 3.63) is 95.8 Å². The van der Waals surface area contributed by atoms with E-state index in [0.29, 0.717) is 5.69 Å². The largest absolute Gasteiger partial charge is 0.340 e. The van der Waals surface area contributed by atoms with Crippen LogP contribution in [0, 0.1) is 5.95 Å². The fraction of sp³-hybridized carbons (Fsp3) is 0.0556. The van der Waals surface area contributed by atoms with Crippen molar-refractivity contribution >= 4 is 5.91 Å². The van der Waals surface area contributed by atoms with E-state index in [1.54, 1.807) is 6.20 Å². The van der Waals surface area contributed by atoms with E-state index in [4.69, 9.17) is 0 Å². The van der Waals surface area contributed by atoms with Gasteiger partial charge in [0.1, 0.15) is 0 Å². The van der Waals surface area contributed by atoms with Crippen LogP contribution in [0.5, 0.6) is 0 Å². The Kier molecular flexibility index (Phi) is 4.38. The van der Waals surface area contributed by atoms with E-state index in [1.807, 2.05) is 48.5 Å². The summed E-state index contributed by atoms with van der Waals surface area (Å²) in [6.07, 6.45) is 2.94. The number of rotatable bonds is 4. The molecule has 5 heteroatoms. The van der Waals surface area contributed by atoms with Gasteiger partial charge in [-0.2, -0.15) is 4.39 Å². The fourth-order valence-electron chi connectivity index (χ4n) is 2.28. The first-order valence-electron chi connectivity index (χ1n) is 7.12. The summed E-state index contributed by atoms with van der Waals surface area (Å²) in [5.41, 5.74) is 1.82. The first-order chi connectivity index (χ1) is 11.2. The van der Waals surface area contributed by atoms with Crippen molar-refractivity contribution in [3.63, 3.8) is 0 Å². The number of hydrogen-bond donors (Lipinski definition) is 1. The molecular weight excluding hydrogens is 293 g/mol. The van der Waals surface area contributed by atoms with Gasteiger partial charge in [-0.05, 0) is 23.8 Å². The molecule has 3 aromatic rings. The van der Waals surface area contributed by atoms with Crippen LogP contribution in [0.4, 0.5) is 4.39 Å². The Morgan fingerprint density at radius 2 is 1.74 bits per heavy atom. The zero-order chi connectivity index (χ0) is 16.1. The first kappa shape index (κ1) is 14.8. The molecule has 0 saturated heterocycles. The zero-order valence-electron chi connectivity index (χ0n) is 12.2. The van der Waals surface area contributed by atoms with E-state index < -0.39 is 12.0 Å². The monoisotopic (exact) mass is 307 g/mol. The van der Waals surface area contributed by atoms with Crippen LogP contribution in [0.15, 0.2) is 73.1 Å². The van der Waals surface area contributed by atoms with Crippen molar-refractivity contribution in [2.75, 3.05) is 0 Å². The molecule has 1 aromatic carbocycles. The third kappa shape index (κ3) is 3.58. The lowest BCUT2D eigenvalue weighted by molar-refractivity contribution is 0.0941. The summed E-state index contributed by atoms with van der Waals surface area (Å²) in [5.74, 6) is -1.07. The van der Waals surface area contributed by atoms with Crippen LogP contribution in [-0.2, 0) is 0 Å². The molecule has 2 heterocycles. The van der Waals surface area contributed by atoms with Crippen molar-refractivity contribution in [2.45, 2.75) is 6.04 Å². The Hall–Kier alpha value is -3.08. The number of hydrogen-bond acceptors (Lipinski definition) is 3. The average molecular weight is 307 g/mol. The molecule has 0 aliphatic carbocycles. The van der Waals surface area contributed by atoms with Crippen molar-refractivity contribution < 1.29 is 9.18 Å². The van der Waals surface area contributed by atoms with E-state index in [1.165, 1.54) is 12.3 Å². The molecule has 0 aliphatic rings.